The van der Waals surface area contributed by atoms with E-state index in [1.54, 1.807) is 17.0 Å². The molecule has 1 atom stereocenters. The van der Waals surface area contributed by atoms with Gasteiger partial charge in [-0.25, -0.2) is 0 Å². The summed E-state index contributed by atoms with van der Waals surface area (Å²) in [4.78, 5) is 14.4. The average Bonchev–Trinajstić information content (AvgIpc) is 2.47. The minimum atomic E-state index is -0.0795. The molecule has 0 saturated carbocycles. The molecule has 1 saturated heterocycles. The van der Waals surface area contributed by atoms with Crippen LogP contribution < -0.4 is 4.74 Å². The molecule has 0 aliphatic carbocycles. The maximum absolute atomic E-state index is 12.6. The second kappa shape index (κ2) is 7.34. The van der Waals surface area contributed by atoms with Crippen molar-refractivity contribution >= 4 is 29.1 Å². The zero-order valence-corrected chi connectivity index (χ0v) is 13.5. The van der Waals surface area contributed by atoms with Gasteiger partial charge >= 0.3 is 0 Å². The van der Waals surface area contributed by atoms with Crippen molar-refractivity contribution in [3.05, 3.63) is 27.7 Å². The molecule has 1 aliphatic heterocycles. The molecular weight excluding hydrogens is 313 g/mol. The van der Waals surface area contributed by atoms with Gasteiger partial charge in [0, 0.05) is 25.3 Å². The summed E-state index contributed by atoms with van der Waals surface area (Å²) in [7, 11) is 1.48. The van der Waals surface area contributed by atoms with Crippen molar-refractivity contribution in [3.8, 4) is 5.75 Å². The summed E-state index contributed by atoms with van der Waals surface area (Å²) in [5, 5.41) is 9.70. The number of likely N-dealkylation sites (tertiary alicyclic amines) is 1. The minimum Gasteiger partial charge on any atom is -0.494 e. The van der Waals surface area contributed by atoms with E-state index in [4.69, 9.17) is 33.0 Å². The third-order valence-corrected chi connectivity index (χ3v) is 4.35. The SMILES string of the molecule is COc1c(Cl)cc(C(=O)N2CCCC(CCO)C2)cc1Cl. The van der Waals surface area contributed by atoms with Crippen molar-refractivity contribution in [2.24, 2.45) is 5.92 Å². The highest BCUT2D eigenvalue weighted by Crippen LogP contribution is 2.34. The highest BCUT2D eigenvalue weighted by molar-refractivity contribution is 6.37. The molecule has 1 aromatic carbocycles. The van der Waals surface area contributed by atoms with Gasteiger partial charge in [0.05, 0.1) is 17.2 Å². The predicted octanol–water partition coefficient (Wildman–Crippen LogP) is 3.24. The summed E-state index contributed by atoms with van der Waals surface area (Å²) >= 11 is 12.2. The number of piperidine rings is 1. The topological polar surface area (TPSA) is 49.8 Å². The number of carbonyl (C=O) groups is 1. The van der Waals surface area contributed by atoms with Crippen molar-refractivity contribution in [1.82, 2.24) is 4.90 Å². The smallest absolute Gasteiger partial charge is 0.253 e. The van der Waals surface area contributed by atoms with Crippen LogP contribution in [0.3, 0.4) is 0 Å². The molecular formula is C15H19Cl2NO3. The number of aliphatic hydroxyl groups excluding tert-OH is 1. The quantitative estimate of drug-likeness (QED) is 0.921. The van der Waals surface area contributed by atoms with Gasteiger partial charge in [0.25, 0.3) is 5.91 Å². The van der Waals surface area contributed by atoms with Crippen LogP contribution in [0.2, 0.25) is 10.0 Å². The number of ether oxygens (including phenoxy) is 1. The van der Waals surface area contributed by atoms with Crippen LogP contribution in [-0.4, -0.2) is 42.7 Å². The monoisotopic (exact) mass is 331 g/mol. The number of amides is 1. The first-order valence-electron chi connectivity index (χ1n) is 7.00. The van der Waals surface area contributed by atoms with Crippen LogP contribution in [0.5, 0.6) is 5.75 Å². The summed E-state index contributed by atoms with van der Waals surface area (Å²) in [6, 6.07) is 3.18. The maximum atomic E-state index is 12.6. The van der Waals surface area contributed by atoms with Crippen molar-refractivity contribution in [1.29, 1.82) is 0 Å². The molecule has 1 heterocycles. The molecule has 21 heavy (non-hydrogen) atoms. The maximum Gasteiger partial charge on any atom is 0.253 e. The lowest BCUT2D eigenvalue weighted by molar-refractivity contribution is 0.0653. The van der Waals surface area contributed by atoms with Crippen LogP contribution in [0.15, 0.2) is 12.1 Å². The molecule has 0 bridgehead atoms. The molecule has 4 nitrogen and oxygen atoms in total. The lowest BCUT2D eigenvalue weighted by Crippen LogP contribution is -2.40. The standard InChI is InChI=1S/C15H19Cl2NO3/c1-21-14-12(16)7-11(8-13(14)17)15(20)18-5-2-3-10(9-18)4-6-19/h7-8,10,19H,2-6,9H2,1H3. The van der Waals surface area contributed by atoms with E-state index in [-0.39, 0.29) is 12.5 Å². The zero-order valence-electron chi connectivity index (χ0n) is 11.9. The average molecular weight is 332 g/mol. The molecule has 116 valence electrons. The molecule has 0 aromatic heterocycles. The number of rotatable bonds is 4. The lowest BCUT2D eigenvalue weighted by atomic mass is 9.94. The Labute approximate surface area is 134 Å². The number of benzene rings is 1. The van der Waals surface area contributed by atoms with Crippen LogP contribution in [0, 0.1) is 5.92 Å². The van der Waals surface area contributed by atoms with Gasteiger partial charge in [-0.3, -0.25) is 4.79 Å². The fraction of sp³-hybridized carbons (Fsp3) is 0.533. The molecule has 0 spiro atoms. The summed E-state index contributed by atoms with van der Waals surface area (Å²) in [6.45, 7) is 1.55. The van der Waals surface area contributed by atoms with Crippen molar-refractivity contribution in [3.63, 3.8) is 0 Å². The Morgan fingerprint density at radius 3 is 2.67 bits per heavy atom. The van der Waals surface area contributed by atoms with Gasteiger partial charge in [0.1, 0.15) is 0 Å². The zero-order chi connectivity index (χ0) is 15.4. The Kier molecular flexibility index (Phi) is 5.73. The van der Waals surface area contributed by atoms with Gasteiger partial charge in [-0.1, -0.05) is 23.2 Å². The van der Waals surface area contributed by atoms with E-state index in [0.29, 0.717) is 33.8 Å². The molecule has 1 aliphatic rings. The van der Waals surface area contributed by atoms with E-state index in [2.05, 4.69) is 0 Å². The van der Waals surface area contributed by atoms with Gasteiger partial charge in [-0.2, -0.15) is 0 Å². The predicted molar refractivity (Wildman–Crippen MR) is 83.3 cm³/mol. The van der Waals surface area contributed by atoms with Gasteiger partial charge < -0.3 is 14.7 Å². The largest absolute Gasteiger partial charge is 0.494 e. The first-order valence-corrected chi connectivity index (χ1v) is 7.75. The molecule has 1 unspecified atom stereocenters. The highest BCUT2D eigenvalue weighted by atomic mass is 35.5. The van der Waals surface area contributed by atoms with E-state index in [1.165, 1.54) is 7.11 Å². The molecule has 2 rings (SSSR count). The van der Waals surface area contributed by atoms with Crippen molar-refractivity contribution in [2.75, 3.05) is 26.8 Å². The molecule has 1 fully saturated rings. The second-order valence-corrected chi connectivity index (χ2v) is 6.06. The third-order valence-electron chi connectivity index (χ3n) is 3.79. The van der Waals surface area contributed by atoms with Crippen LogP contribution in [0.1, 0.15) is 29.6 Å². The Balaban J connectivity index is 2.16. The Morgan fingerprint density at radius 2 is 2.10 bits per heavy atom. The van der Waals surface area contributed by atoms with Gasteiger partial charge in [0.15, 0.2) is 5.75 Å². The third kappa shape index (κ3) is 3.82. The van der Waals surface area contributed by atoms with Gasteiger partial charge in [-0.15, -0.1) is 0 Å². The summed E-state index contributed by atoms with van der Waals surface area (Å²) in [5.74, 6) is 0.660. The van der Waals surface area contributed by atoms with E-state index >= 15 is 0 Å². The Bertz CT molecular complexity index is 497. The fourth-order valence-electron chi connectivity index (χ4n) is 2.73. The molecule has 0 radical (unpaired) electrons. The van der Waals surface area contributed by atoms with Gasteiger partial charge in [-0.05, 0) is 37.3 Å². The normalized spacial score (nSPS) is 18.7. The molecule has 6 heteroatoms. The van der Waals surface area contributed by atoms with Crippen molar-refractivity contribution < 1.29 is 14.6 Å². The summed E-state index contributed by atoms with van der Waals surface area (Å²) < 4.78 is 5.09. The molecule has 1 amide bonds. The van der Waals surface area contributed by atoms with Crippen LogP contribution >= 0.6 is 23.2 Å². The van der Waals surface area contributed by atoms with Crippen LogP contribution in [0.4, 0.5) is 0 Å². The van der Waals surface area contributed by atoms with Crippen molar-refractivity contribution in [2.45, 2.75) is 19.3 Å². The van der Waals surface area contributed by atoms with Gasteiger partial charge in [0.2, 0.25) is 0 Å². The minimum absolute atomic E-state index is 0.0795. The first-order chi connectivity index (χ1) is 10.1. The summed E-state index contributed by atoms with van der Waals surface area (Å²) in [5.41, 5.74) is 0.468. The number of halogens is 2. The fourth-order valence-corrected chi connectivity index (χ4v) is 3.37. The summed E-state index contributed by atoms with van der Waals surface area (Å²) in [6.07, 6.45) is 2.73. The lowest BCUT2D eigenvalue weighted by Gasteiger charge is -2.32. The molecule has 1 N–H and O–H groups in total. The number of hydrogen-bond donors (Lipinski definition) is 1. The van der Waals surface area contributed by atoms with E-state index in [9.17, 15) is 4.79 Å². The van der Waals surface area contributed by atoms with Crippen LogP contribution in [0.25, 0.3) is 0 Å². The number of nitrogens with zero attached hydrogens (tertiary/aromatic N) is 1. The number of hydrogen-bond acceptors (Lipinski definition) is 3. The van der Waals surface area contributed by atoms with E-state index in [0.717, 1.165) is 25.8 Å². The molecule has 1 aromatic rings. The van der Waals surface area contributed by atoms with E-state index < -0.39 is 0 Å². The second-order valence-electron chi connectivity index (χ2n) is 5.24. The Morgan fingerprint density at radius 1 is 1.43 bits per heavy atom. The number of methoxy groups -OCH3 is 1. The van der Waals surface area contributed by atoms with E-state index in [1.807, 2.05) is 0 Å². The first kappa shape index (κ1) is 16.4. The highest BCUT2D eigenvalue weighted by Gasteiger charge is 2.25. The number of aliphatic hydroxyl groups is 1. The number of carbonyl (C=O) groups excluding carboxylic acids is 1. The van der Waals surface area contributed by atoms with Crippen LogP contribution in [-0.2, 0) is 0 Å². The Hall–Kier alpha value is -0.970.